The molecule has 2 aromatic heterocycles. The van der Waals surface area contributed by atoms with E-state index in [1.165, 1.54) is 0 Å². The molecule has 24 heavy (non-hydrogen) atoms. The van der Waals surface area contributed by atoms with Gasteiger partial charge < -0.3 is 20.3 Å². The van der Waals surface area contributed by atoms with Gasteiger partial charge in [0.2, 0.25) is 0 Å². The molecule has 0 unspecified atom stereocenters. The molecule has 0 atom stereocenters. The third kappa shape index (κ3) is 3.68. The summed E-state index contributed by atoms with van der Waals surface area (Å²) in [6, 6.07) is -0.255. The summed E-state index contributed by atoms with van der Waals surface area (Å²) in [6.07, 6.45) is 0. The second-order valence-corrected chi connectivity index (χ2v) is 6.53. The summed E-state index contributed by atoms with van der Waals surface area (Å²) in [5, 5.41) is 12.9. The van der Waals surface area contributed by atoms with Crippen LogP contribution < -0.4 is 15.5 Å². The lowest BCUT2D eigenvalue weighted by Crippen LogP contribution is -2.36. The number of hydrogen-bond donors (Lipinski definition) is 2. The first-order valence-corrected chi connectivity index (χ1v) is 8.74. The van der Waals surface area contributed by atoms with E-state index in [1.807, 2.05) is 26.3 Å². The number of aromatic nitrogens is 3. The maximum absolute atomic E-state index is 12.1. The minimum Gasteiger partial charge on any atom is -0.378 e. The lowest BCUT2D eigenvalue weighted by molar-refractivity contribution is 0.122. The van der Waals surface area contributed by atoms with Gasteiger partial charge in [-0.1, -0.05) is 0 Å². The van der Waals surface area contributed by atoms with E-state index >= 15 is 0 Å². The minimum absolute atomic E-state index is 0.255. The van der Waals surface area contributed by atoms with E-state index in [4.69, 9.17) is 4.74 Å². The molecule has 0 aliphatic carbocycles. The van der Waals surface area contributed by atoms with E-state index in [0.717, 1.165) is 54.2 Å². The fourth-order valence-electron chi connectivity index (χ4n) is 2.56. The number of carbonyl (C=O) groups is 1. The van der Waals surface area contributed by atoms with Gasteiger partial charge in [-0.3, -0.25) is 4.68 Å². The number of nitrogens with one attached hydrogen (secondary N) is 2. The number of carbonyl (C=O) groups excluding carboxylic acids is 1. The maximum Gasteiger partial charge on any atom is 0.319 e. The summed E-state index contributed by atoms with van der Waals surface area (Å²) < 4.78 is 7.10. The lowest BCUT2D eigenvalue weighted by atomic mass is 10.3. The van der Waals surface area contributed by atoms with Gasteiger partial charge in [-0.05, 0) is 13.8 Å². The zero-order valence-corrected chi connectivity index (χ0v) is 14.9. The third-order valence-electron chi connectivity index (χ3n) is 4.00. The summed E-state index contributed by atoms with van der Waals surface area (Å²) in [4.78, 5) is 18.9. The molecule has 0 aromatic carbocycles. The normalized spacial score (nSPS) is 14.7. The summed E-state index contributed by atoms with van der Waals surface area (Å²) >= 11 is 1.59. The molecule has 3 heterocycles. The van der Waals surface area contributed by atoms with Gasteiger partial charge >= 0.3 is 6.03 Å². The quantitative estimate of drug-likeness (QED) is 0.876. The smallest absolute Gasteiger partial charge is 0.319 e. The number of morpholine rings is 1. The fourth-order valence-corrected chi connectivity index (χ4v) is 3.44. The van der Waals surface area contributed by atoms with E-state index in [-0.39, 0.29) is 6.03 Å². The zero-order chi connectivity index (χ0) is 17.1. The molecular formula is C15H22N6O2S. The van der Waals surface area contributed by atoms with Gasteiger partial charge in [0.05, 0.1) is 42.5 Å². The number of ether oxygens (including phenoxy) is 1. The second-order valence-electron chi connectivity index (χ2n) is 5.70. The van der Waals surface area contributed by atoms with E-state index in [2.05, 4.69) is 25.6 Å². The molecule has 130 valence electrons. The van der Waals surface area contributed by atoms with Crippen molar-refractivity contribution in [1.29, 1.82) is 0 Å². The van der Waals surface area contributed by atoms with Crippen LogP contribution in [0.5, 0.6) is 0 Å². The molecular weight excluding hydrogens is 328 g/mol. The predicted molar refractivity (Wildman–Crippen MR) is 93.7 cm³/mol. The highest BCUT2D eigenvalue weighted by atomic mass is 32.1. The molecule has 2 N–H and O–H groups in total. The van der Waals surface area contributed by atoms with Crippen molar-refractivity contribution in [3.63, 3.8) is 0 Å². The van der Waals surface area contributed by atoms with Crippen molar-refractivity contribution in [3.8, 4) is 0 Å². The Hall–Kier alpha value is -2.13. The van der Waals surface area contributed by atoms with Gasteiger partial charge in [0.15, 0.2) is 5.13 Å². The van der Waals surface area contributed by atoms with Gasteiger partial charge in [0, 0.05) is 25.5 Å². The summed E-state index contributed by atoms with van der Waals surface area (Å²) in [5.41, 5.74) is 3.33. The van der Waals surface area contributed by atoms with Gasteiger partial charge in [0.1, 0.15) is 0 Å². The van der Waals surface area contributed by atoms with Crippen LogP contribution in [0, 0.1) is 13.8 Å². The number of urea groups is 1. The van der Waals surface area contributed by atoms with Crippen LogP contribution >= 0.6 is 11.3 Å². The topological polar surface area (TPSA) is 84.3 Å². The van der Waals surface area contributed by atoms with Gasteiger partial charge in [-0.25, -0.2) is 9.78 Å². The Balaban J connectivity index is 1.54. The van der Waals surface area contributed by atoms with Crippen LogP contribution in [0.4, 0.5) is 15.6 Å². The molecule has 1 aliphatic heterocycles. The molecule has 1 aliphatic rings. The molecule has 0 bridgehead atoms. The molecule has 2 amide bonds. The predicted octanol–water partition coefficient (Wildman–Crippen LogP) is 1.65. The van der Waals surface area contributed by atoms with Crippen LogP contribution in [0.1, 0.15) is 17.1 Å². The SMILES string of the molecule is Cc1nn(C)c(C)c1NC(=O)NCc1csc(N2CCOCC2)n1. The Morgan fingerprint density at radius 1 is 1.38 bits per heavy atom. The molecule has 0 spiro atoms. The van der Waals surface area contributed by atoms with Crippen molar-refractivity contribution in [2.45, 2.75) is 20.4 Å². The molecule has 0 saturated carbocycles. The Bertz CT molecular complexity index is 720. The number of rotatable bonds is 4. The van der Waals surface area contributed by atoms with E-state index in [0.29, 0.717) is 6.54 Å². The highest BCUT2D eigenvalue weighted by molar-refractivity contribution is 7.13. The molecule has 9 heteroatoms. The highest BCUT2D eigenvalue weighted by Gasteiger charge is 2.15. The highest BCUT2D eigenvalue weighted by Crippen LogP contribution is 2.21. The lowest BCUT2D eigenvalue weighted by Gasteiger charge is -2.26. The standard InChI is InChI=1S/C15H22N6O2S/c1-10-13(11(2)20(3)19-10)18-14(22)16-8-12-9-24-15(17-12)21-4-6-23-7-5-21/h9H,4-8H2,1-3H3,(H2,16,18,22). The Morgan fingerprint density at radius 2 is 2.12 bits per heavy atom. The molecule has 1 saturated heterocycles. The van der Waals surface area contributed by atoms with Gasteiger partial charge in [-0.2, -0.15) is 5.10 Å². The fraction of sp³-hybridized carbons (Fsp3) is 0.533. The van der Waals surface area contributed by atoms with Gasteiger partial charge in [-0.15, -0.1) is 11.3 Å². The van der Waals surface area contributed by atoms with Crippen LogP contribution in [0.25, 0.3) is 0 Å². The van der Waals surface area contributed by atoms with Crippen molar-refractivity contribution in [3.05, 3.63) is 22.5 Å². The average Bonchev–Trinajstić information content (AvgIpc) is 3.15. The van der Waals surface area contributed by atoms with Crippen LogP contribution in [0.15, 0.2) is 5.38 Å². The maximum atomic E-state index is 12.1. The van der Waals surface area contributed by atoms with E-state index in [9.17, 15) is 4.79 Å². The monoisotopic (exact) mass is 350 g/mol. The Labute approximate surface area is 144 Å². The summed E-state index contributed by atoms with van der Waals surface area (Å²) in [7, 11) is 1.86. The Morgan fingerprint density at radius 3 is 2.79 bits per heavy atom. The minimum atomic E-state index is -0.255. The molecule has 3 rings (SSSR count). The van der Waals surface area contributed by atoms with Crippen molar-refractivity contribution in [2.75, 3.05) is 36.5 Å². The van der Waals surface area contributed by atoms with Crippen molar-refractivity contribution < 1.29 is 9.53 Å². The largest absolute Gasteiger partial charge is 0.378 e. The van der Waals surface area contributed by atoms with Crippen molar-refractivity contribution in [1.82, 2.24) is 20.1 Å². The van der Waals surface area contributed by atoms with E-state index < -0.39 is 0 Å². The second kappa shape index (κ2) is 7.18. The van der Waals surface area contributed by atoms with Crippen LogP contribution in [-0.2, 0) is 18.3 Å². The van der Waals surface area contributed by atoms with Crippen molar-refractivity contribution in [2.24, 2.45) is 7.05 Å². The molecule has 0 radical (unpaired) electrons. The van der Waals surface area contributed by atoms with Crippen LogP contribution in [0.2, 0.25) is 0 Å². The van der Waals surface area contributed by atoms with Crippen molar-refractivity contribution >= 4 is 28.2 Å². The number of amides is 2. The Kier molecular flexibility index (Phi) is 5.00. The summed E-state index contributed by atoms with van der Waals surface area (Å²) in [5.74, 6) is 0. The third-order valence-corrected chi connectivity index (χ3v) is 4.95. The van der Waals surface area contributed by atoms with Crippen LogP contribution in [-0.4, -0.2) is 47.1 Å². The number of aryl methyl sites for hydroxylation is 2. The zero-order valence-electron chi connectivity index (χ0n) is 14.1. The number of hydrogen-bond acceptors (Lipinski definition) is 6. The van der Waals surface area contributed by atoms with Crippen LogP contribution in [0.3, 0.4) is 0 Å². The molecule has 1 fully saturated rings. The first-order valence-electron chi connectivity index (χ1n) is 7.86. The first kappa shape index (κ1) is 16.7. The molecule has 8 nitrogen and oxygen atoms in total. The number of anilines is 2. The number of thiazole rings is 1. The number of nitrogens with zero attached hydrogens (tertiary/aromatic N) is 4. The average molecular weight is 350 g/mol. The molecule has 2 aromatic rings. The van der Waals surface area contributed by atoms with Gasteiger partial charge in [0.25, 0.3) is 0 Å². The first-order chi connectivity index (χ1) is 11.5. The summed E-state index contributed by atoms with van der Waals surface area (Å²) in [6.45, 7) is 7.38. The van der Waals surface area contributed by atoms with E-state index in [1.54, 1.807) is 16.0 Å².